The van der Waals surface area contributed by atoms with Gasteiger partial charge in [-0.2, -0.15) is 4.99 Å². The summed E-state index contributed by atoms with van der Waals surface area (Å²) in [4.78, 5) is 13.5. The van der Waals surface area contributed by atoms with Crippen molar-refractivity contribution in [3.63, 3.8) is 0 Å². The van der Waals surface area contributed by atoms with E-state index in [9.17, 15) is 4.79 Å². The van der Waals surface area contributed by atoms with E-state index in [4.69, 9.17) is 4.74 Å². The zero-order valence-corrected chi connectivity index (χ0v) is 6.49. The lowest BCUT2D eigenvalue weighted by molar-refractivity contribution is 0.0850. The summed E-state index contributed by atoms with van der Waals surface area (Å²) in [6.07, 6.45) is 3.35. The summed E-state index contributed by atoms with van der Waals surface area (Å²) in [7, 11) is 0. The number of ether oxygens (including phenoxy) is 1. The second kappa shape index (κ2) is 2.93. The van der Waals surface area contributed by atoms with Gasteiger partial charge in [0.05, 0.1) is 18.9 Å². The number of hydrogen-bond donors (Lipinski definition) is 0. The minimum absolute atomic E-state index is 0.606. The molecule has 0 fully saturated rings. The maximum absolute atomic E-state index is 9.95. The Kier molecular flexibility index (Phi) is 1.78. The van der Waals surface area contributed by atoms with Crippen LogP contribution < -0.4 is 0 Å². The lowest BCUT2D eigenvalue weighted by Crippen LogP contribution is -2.14. The van der Waals surface area contributed by atoms with Crippen LogP contribution in [0.3, 0.4) is 0 Å². The van der Waals surface area contributed by atoms with Gasteiger partial charge in [-0.05, 0) is 6.07 Å². The molecule has 4 nitrogen and oxygen atoms in total. The summed E-state index contributed by atoms with van der Waals surface area (Å²) in [6.45, 7) is 2.17. The molecular weight excluding hydrogens is 156 g/mol. The highest BCUT2D eigenvalue weighted by Crippen LogP contribution is 2.19. The summed E-state index contributed by atoms with van der Waals surface area (Å²) < 4.78 is 7.27. The molecule has 0 aliphatic carbocycles. The predicted molar refractivity (Wildman–Crippen MR) is 41.9 cm³/mol. The van der Waals surface area contributed by atoms with Crippen LogP contribution in [0.15, 0.2) is 17.3 Å². The molecule has 2 rings (SSSR count). The zero-order chi connectivity index (χ0) is 8.39. The maximum Gasteiger partial charge on any atom is 0.240 e. The summed E-state index contributed by atoms with van der Waals surface area (Å²) >= 11 is 0. The number of isocyanates is 1. The van der Waals surface area contributed by atoms with Gasteiger partial charge in [-0.1, -0.05) is 0 Å². The van der Waals surface area contributed by atoms with Crippen molar-refractivity contribution in [2.24, 2.45) is 4.99 Å². The zero-order valence-electron chi connectivity index (χ0n) is 6.49. The Labute approximate surface area is 69.5 Å². The lowest BCUT2D eigenvalue weighted by atomic mass is 10.4. The Morgan fingerprint density at radius 1 is 1.67 bits per heavy atom. The monoisotopic (exact) mass is 164 g/mol. The molecule has 4 heteroatoms. The molecular formula is C8H8N2O2. The molecule has 0 aromatic carbocycles. The normalized spacial score (nSPS) is 15.0. The first-order chi connectivity index (χ1) is 5.90. The number of aliphatic imine (C=N–C) groups is 1. The molecule has 0 atom stereocenters. The number of nitrogens with zero attached hydrogens (tertiary/aromatic N) is 2. The maximum atomic E-state index is 9.95. The summed E-state index contributed by atoms with van der Waals surface area (Å²) in [5, 5.41) is 0. The third-order valence-electron chi connectivity index (χ3n) is 1.87. The molecule has 0 spiro atoms. The van der Waals surface area contributed by atoms with Gasteiger partial charge in [0.1, 0.15) is 0 Å². The van der Waals surface area contributed by atoms with E-state index in [-0.39, 0.29) is 0 Å². The summed E-state index contributed by atoms with van der Waals surface area (Å²) in [6, 6.07) is 1.84. The predicted octanol–water partition coefficient (Wildman–Crippen LogP) is 0.986. The molecule has 0 saturated heterocycles. The van der Waals surface area contributed by atoms with Gasteiger partial charge in [-0.15, -0.1) is 0 Å². The van der Waals surface area contributed by atoms with E-state index in [1.807, 2.05) is 16.8 Å². The van der Waals surface area contributed by atoms with Crippen molar-refractivity contribution < 1.29 is 9.53 Å². The van der Waals surface area contributed by atoms with E-state index in [1.54, 1.807) is 0 Å². The molecule has 0 radical (unpaired) electrons. The second-order valence-corrected chi connectivity index (χ2v) is 2.64. The van der Waals surface area contributed by atoms with E-state index in [0.717, 1.165) is 18.8 Å². The molecule has 1 aliphatic rings. The Hall–Kier alpha value is -1.38. The molecule has 0 amide bonds. The summed E-state index contributed by atoms with van der Waals surface area (Å²) in [5.74, 6) is 0. The molecule has 1 aromatic heterocycles. The Balaban J connectivity index is 2.37. The van der Waals surface area contributed by atoms with Gasteiger partial charge in [0.15, 0.2) is 0 Å². The van der Waals surface area contributed by atoms with E-state index < -0.39 is 0 Å². The van der Waals surface area contributed by atoms with Gasteiger partial charge in [0.2, 0.25) is 6.08 Å². The first-order valence-electron chi connectivity index (χ1n) is 3.75. The molecule has 0 unspecified atom stereocenters. The van der Waals surface area contributed by atoms with E-state index in [0.29, 0.717) is 12.3 Å². The topological polar surface area (TPSA) is 43.6 Å². The Morgan fingerprint density at radius 3 is 3.33 bits per heavy atom. The van der Waals surface area contributed by atoms with Crippen LogP contribution in [-0.4, -0.2) is 17.3 Å². The third-order valence-corrected chi connectivity index (χ3v) is 1.87. The van der Waals surface area contributed by atoms with Gasteiger partial charge in [-0.25, -0.2) is 4.79 Å². The van der Waals surface area contributed by atoms with Crippen LogP contribution in [0.25, 0.3) is 0 Å². The highest BCUT2D eigenvalue weighted by molar-refractivity contribution is 5.49. The molecule has 62 valence electrons. The van der Waals surface area contributed by atoms with Crippen LogP contribution in [-0.2, 0) is 22.7 Å². The van der Waals surface area contributed by atoms with E-state index in [2.05, 4.69) is 4.99 Å². The minimum atomic E-state index is 0.606. The van der Waals surface area contributed by atoms with Crippen LogP contribution in [0.1, 0.15) is 5.69 Å². The molecule has 1 aliphatic heterocycles. The fourth-order valence-corrected chi connectivity index (χ4v) is 1.32. The minimum Gasteiger partial charge on any atom is -0.373 e. The van der Waals surface area contributed by atoms with Gasteiger partial charge in [0.25, 0.3) is 0 Å². The lowest BCUT2D eigenvalue weighted by Gasteiger charge is -2.14. The highest BCUT2D eigenvalue weighted by Gasteiger charge is 2.09. The third kappa shape index (κ3) is 1.18. The van der Waals surface area contributed by atoms with Crippen molar-refractivity contribution in [2.45, 2.75) is 13.2 Å². The smallest absolute Gasteiger partial charge is 0.240 e. The first-order valence-corrected chi connectivity index (χ1v) is 3.75. The quantitative estimate of drug-likeness (QED) is 0.458. The fourth-order valence-electron chi connectivity index (χ4n) is 1.32. The standard InChI is InChI=1S/C8H8N2O2/c11-6-9-7-3-8-5-12-2-1-10(8)4-7/h3-4H,1-2,5H2. The van der Waals surface area contributed by atoms with Crippen molar-refractivity contribution in [1.29, 1.82) is 0 Å². The van der Waals surface area contributed by atoms with E-state index in [1.165, 1.54) is 6.08 Å². The first kappa shape index (κ1) is 7.28. The van der Waals surface area contributed by atoms with Crippen molar-refractivity contribution >= 4 is 11.8 Å². The number of aromatic nitrogens is 1. The van der Waals surface area contributed by atoms with Gasteiger partial charge in [0, 0.05) is 18.4 Å². The molecule has 0 saturated carbocycles. The molecule has 12 heavy (non-hydrogen) atoms. The van der Waals surface area contributed by atoms with Crippen LogP contribution >= 0.6 is 0 Å². The van der Waals surface area contributed by atoms with E-state index >= 15 is 0 Å². The number of fused-ring (bicyclic) bond motifs is 1. The molecule has 0 N–H and O–H groups in total. The summed E-state index contributed by atoms with van der Waals surface area (Å²) in [5.41, 5.74) is 1.72. The van der Waals surface area contributed by atoms with Crippen molar-refractivity contribution in [1.82, 2.24) is 4.57 Å². The van der Waals surface area contributed by atoms with Crippen LogP contribution in [0.5, 0.6) is 0 Å². The fraction of sp³-hybridized carbons (Fsp3) is 0.375. The van der Waals surface area contributed by atoms with Gasteiger partial charge in [-0.3, -0.25) is 0 Å². The number of carbonyl (C=O) groups excluding carboxylic acids is 1. The van der Waals surface area contributed by atoms with Crippen LogP contribution in [0.2, 0.25) is 0 Å². The largest absolute Gasteiger partial charge is 0.373 e. The second-order valence-electron chi connectivity index (χ2n) is 2.64. The SMILES string of the molecule is O=C=Nc1cc2n(c1)CCOC2. The Morgan fingerprint density at radius 2 is 2.58 bits per heavy atom. The molecule has 1 aromatic rings. The van der Waals surface area contributed by atoms with Crippen molar-refractivity contribution in [3.8, 4) is 0 Å². The van der Waals surface area contributed by atoms with Gasteiger partial charge < -0.3 is 9.30 Å². The van der Waals surface area contributed by atoms with Crippen molar-refractivity contribution in [3.05, 3.63) is 18.0 Å². The van der Waals surface area contributed by atoms with Gasteiger partial charge >= 0.3 is 0 Å². The molecule has 2 heterocycles. The average Bonchev–Trinajstić information content (AvgIpc) is 2.47. The number of hydrogen-bond acceptors (Lipinski definition) is 3. The van der Waals surface area contributed by atoms with Crippen LogP contribution in [0, 0.1) is 0 Å². The Bertz CT molecular complexity index is 313. The molecule has 0 bridgehead atoms. The van der Waals surface area contributed by atoms with Crippen molar-refractivity contribution in [2.75, 3.05) is 6.61 Å². The van der Waals surface area contributed by atoms with Crippen LogP contribution in [0.4, 0.5) is 5.69 Å². The average molecular weight is 164 g/mol. The number of rotatable bonds is 1. The highest BCUT2D eigenvalue weighted by atomic mass is 16.5.